The molecule has 0 fully saturated rings. The Labute approximate surface area is 438 Å². The number of rotatable bonds is 10. The number of para-hydroxylation sites is 3. The zero-order valence-electron chi connectivity index (χ0n) is 41.3. The molecule has 0 saturated carbocycles. The largest absolute Gasteiger partial charge is 0.310 e. The van der Waals surface area contributed by atoms with Gasteiger partial charge in [0.15, 0.2) is 0 Å². The third kappa shape index (κ3) is 7.25. The van der Waals surface area contributed by atoms with E-state index < -0.39 is 5.41 Å². The van der Waals surface area contributed by atoms with E-state index in [1.54, 1.807) is 0 Å². The summed E-state index contributed by atoms with van der Waals surface area (Å²) in [6, 6.07) is 111. The Morgan fingerprint density at radius 3 is 1.41 bits per heavy atom. The van der Waals surface area contributed by atoms with Gasteiger partial charge in [-0.05, 0) is 127 Å². The quantitative estimate of drug-likeness (QED) is 0.133. The maximum absolute atomic E-state index is 2.48. The molecule has 0 unspecified atom stereocenters. The van der Waals surface area contributed by atoms with Crippen molar-refractivity contribution in [2.45, 2.75) is 5.41 Å². The van der Waals surface area contributed by atoms with E-state index in [0.717, 1.165) is 39.4 Å². The lowest BCUT2D eigenvalue weighted by molar-refractivity contribution is 0.768. The highest BCUT2D eigenvalue weighted by Gasteiger charge is 2.46. The van der Waals surface area contributed by atoms with Gasteiger partial charge in [-0.3, -0.25) is 0 Å². The number of nitrogens with zero attached hydrogens (tertiary/aromatic N) is 2. The summed E-state index contributed by atoms with van der Waals surface area (Å²) >= 11 is 0. The maximum Gasteiger partial charge on any atom is 0.0713 e. The van der Waals surface area contributed by atoms with Gasteiger partial charge < -0.3 is 9.47 Å². The Bertz CT molecular complexity index is 4170. The van der Waals surface area contributed by atoms with Crippen LogP contribution in [-0.2, 0) is 5.41 Å². The topological polar surface area (TPSA) is 8.17 Å². The average molecular weight is 955 g/mol. The fourth-order valence-electron chi connectivity index (χ4n) is 12.3. The van der Waals surface area contributed by atoms with Crippen molar-refractivity contribution in [3.8, 4) is 61.3 Å². The van der Waals surface area contributed by atoms with Crippen molar-refractivity contribution in [3.63, 3.8) is 0 Å². The fourth-order valence-corrected chi connectivity index (χ4v) is 12.3. The van der Waals surface area contributed by atoms with Crippen LogP contribution in [0.3, 0.4) is 0 Å². The summed E-state index contributed by atoms with van der Waals surface area (Å²) in [6.07, 6.45) is 0. The molecule has 0 bridgehead atoms. The van der Waals surface area contributed by atoms with Gasteiger partial charge >= 0.3 is 0 Å². The highest BCUT2D eigenvalue weighted by Crippen LogP contribution is 2.57. The Morgan fingerprint density at radius 2 is 0.733 bits per heavy atom. The molecule has 1 aromatic heterocycles. The summed E-state index contributed by atoms with van der Waals surface area (Å²) in [5, 5.41) is 2.45. The van der Waals surface area contributed by atoms with Crippen LogP contribution in [0.5, 0.6) is 0 Å². The van der Waals surface area contributed by atoms with Crippen molar-refractivity contribution in [1.29, 1.82) is 0 Å². The standard InChI is InChI=1S/C73H50N2/c1-5-23-51(24-6-1)59-31-13-14-32-60(59)52-41-44-57(45-42-52)74(56-29-11-4-12-30-56)70-39-21-18-36-64(70)62-34-16-15-33-61(62)53-43-47-66-65-37-19-22-40-71(65)75(72(66)49-53)58-46-48-69-67(50-58)63-35-17-20-38-68(63)73(69,54-25-7-2-8-26-54)55-27-9-3-10-28-55/h1-50H. The smallest absolute Gasteiger partial charge is 0.0713 e. The predicted octanol–water partition coefficient (Wildman–Crippen LogP) is 19.3. The van der Waals surface area contributed by atoms with Crippen molar-refractivity contribution in [2.24, 2.45) is 0 Å². The van der Waals surface area contributed by atoms with Gasteiger partial charge in [0.05, 0.1) is 22.1 Å². The highest BCUT2D eigenvalue weighted by molar-refractivity contribution is 6.11. The number of benzene rings is 12. The van der Waals surface area contributed by atoms with Gasteiger partial charge in [0.2, 0.25) is 0 Å². The molecule has 2 heteroatoms. The number of hydrogen-bond donors (Lipinski definition) is 0. The zero-order valence-corrected chi connectivity index (χ0v) is 41.3. The molecular weight excluding hydrogens is 905 g/mol. The lowest BCUT2D eigenvalue weighted by Gasteiger charge is -2.33. The number of anilines is 3. The molecule has 0 spiro atoms. The van der Waals surface area contributed by atoms with Crippen LogP contribution >= 0.6 is 0 Å². The van der Waals surface area contributed by atoms with Gasteiger partial charge in [-0.1, -0.05) is 249 Å². The molecule has 0 N–H and O–H groups in total. The van der Waals surface area contributed by atoms with Crippen LogP contribution in [0.4, 0.5) is 17.1 Å². The molecule has 1 aliphatic carbocycles. The van der Waals surface area contributed by atoms with E-state index in [0.29, 0.717) is 0 Å². The first-order chi connectivity index (χ1) is 37.2. The molecule has 0 amide bonds. The Kier molecular flexibility index (Phi) is 10.8. The molecule has 1 heterocycles. The lowest BCUT2D eigenvalue weighted by Crippen LogP contribution is -2.28. The van der Waals surface area contributed by atoms with E-state index in [9.17, 15) is 0 Å². The number of fused-ring (bicyclic) bond motifs is 6. The predicted molar refractivity (Wildman–Crippen MR) is 315 cm³/mol. The Morgan fingerprint density at radius 1 is 0.267 bits per heavy atom. The van der Waals surface area contributed by atoms with Crippen molar-refractivity contribution in [1.82, 2.24) is 4.57 Å². The third-order valence-electron chi connectivity index (χ3n) is 15.5. The van der Waals surface area contributed by atoms with Crippen molar-refractivity contribution >= 4 is 38.9 Å². The summed E-state index contributed by atoms with van der Waals surface area (Å²) < 4.78 is 2.48. The molecule has 0 aliphatic heterocycles. The second kappa shape index (κ2) is 18.4. The van der Waals surface area contributed by atoms with E-state index in [1.165, 1.54) is 83.0 Å². The van der Waals surface area contributed by atoms with Gasteiger partial charge in [0.1, 0.15) is 0 Å². The minimum atomic E-state index is -0.463. The van der Waals surface area contributed by atoms with Gasteiger partial charge in [0.25, 0.3) is 0 Å². The van der Waals surface area contributed by atoms with Crippen LogP contribution in [-0.4, -0.2) is 4.57 Å². The monoisotopic (exact) mass is 954 g/mol. The van der Waals surface area contributed by atoms with Crippen LogP contribution in [0.25, 0.3) is 83.1 Å². The van der Waals surface area contributed by atoms with Crippen molar-refractivity contribution in [3.05, 3.63) is 326 Å². The fraction of sp³-hybridized carbons (Fsp3) is 0.0137. The molecule has 2 nitrogen and oxygen atoms in total. The molecule has 14 rings (SSSR count). The second-order valence-corrected chi connectivity index (χ2v) is 19.5. The Balaban J connectivity index is 0.906. The molecule has 0 atom stereocenters. The molecule has 12 aromatic carbocycles. The van der Waals surface area contributed by atoms with Crippen molar-refractivity contribution < 1.29 is 0 Å². The van der Waals surface area contributed by atoms with Gasteiger partial charge in [-0.25, -0.2) is 0 Å². The van der Waals surface area contributed by atoms with E-state index in [1.807, 2.05) is 0 Å². The minimum absolute atomic E-state index is 0.463. The summed E-state index contributed by atoms with van der Waals surface area (Å²) in [5.41, 5.74) is 23.4. The summed E-state index contributed by atoms with van der Waals surface area (Å²) in [6.45, 7) is 0. The van der Waals surface area contributed by atoms with Crippen LogP contribution < -0.4 is 4.90 Å². The molecule has 0 saturated heterocycles. The zero-order chi connectivity index (χ0) is 49.7. The number of aromatic nitrogens is 1. The highest BCUT2D eigenvalue weighted by atomic mass is 15.1. The van der Waals surface area contributed by atoms with Crippen LogP contribution in [0, 0.1) is 0 Å². The molecule has 1 aliphatic rings. The summed E-state index contributed by atoms with van der Waals surface area (Å²) in [4.78, 5) is 2.40. The SMILES string of the molecule is c1ccc(-c2ccccc2-c2ccc(N(c3ccccc3)c3ccccc3-c3ccccc3-c3ccc4c5ccccc5n(-c5ccc6c(c5)-c5ccccc5C6(c5ccccc5)c5ccccc5)c4c3)cc2)cc1. The molecule has 75 heavy (non-hydrogen) atoms. The second-order valence-electron chi connectivity index (χ2n) is 19.5. The minimum Gasteiger partial charge on any atom is -0.310 e. The van der Waals surface area contributed by atoms with Crippen molar-refractivity contribution in [2.75, 3.05) is 4.90 Å². The molecule has 13 aromatic rings. The van der Waals surface area contributed by atoms with Crippen LogP contribution in [0.2, 0.25) is 0 Å². The average Bonchev–Trinajstić information content (AvgIpc) is 4.07. The normalized spacial score (nSPS) is 12.4. The summed E-state index contributed by atoms with van der Waals surface area (Å²) in [7, 11) is 0. The molecular formula is C73H50N2. The molecule has 0 radical (unpaired) electrons. The van der Waals surface area contributed by atoms with Crippen LogP contribution in [0.1, 0.15) is 22.3 Å². The summed E-state index contributed by atoms with van der Waals surface area (Å²) in [5.74, 6) is 0. The maximum atomic E-state index is 2.48. The lowest BCUT2D eigenvalue weighted by atomic mass is 9.68. The first-order valence-electron chi connectivity index (χ1n) is 25.9. The van der Waals surface area contributed by atoms with E-state index in [-0.39, 0.29) is 0 Å². The Hall–Kier alpha value is -9.76. The van der Waals surface area contributed by atoms with Crippen LogP contribution in [0.15, 0.2) is 303 Å². The van der Waals surface area contributed by atoms with E-state index in [4.69, 9.17) is 0 Å². The van der Waals surface area contributed by atoms with Gasteiger partial charge in [-0.2, -0.15) is 0 Å². The van der Waals surface area contributed by atoms with E-state index >= 15 is 0 Å². The van der Waals surface area contributed by atoms with E-state index in [2.05, 4.69) is 313 Å². The number of hydrogen-bond acceptors (Lipinski definition) is 1. The molecule has 352 valence electrons. The first-order valence-corrected chi connectivity index (χ1v) is 25.9. The first kappa shape index (κ1) is 44.0. The van der Waals surface area contributed by atoms with Gasteiger partial charge in [-0.15, -0.1) is 0 Å². The van der Waals surface area contributed by atoms with Gasteiger partial charge in [0, 0.05) is 33.4 Å². The third-order valence-corrected chi connectivity index (χ3v) is 15.5.